The molecule has 1 aliphatic carbocycles. The van der Waals surface area contributed by atoms with E-state index in [1.54, 1.807) is 0 Å². The van der Waals surface area contributed by atoms with Gasteiger partial charge in [-0.05, 0) is 43.0 Å². The van der Waals surface area contributed by atoms with Gasteiger partial charge in [0.05, 0.1) is 5.56 Å². The smallest absolute Gasteiger partial charge is 0.330 e. The Labute approximate surface area is 114 Å². The molecule has 0 unspecified atom stereocenters. The quantitative estimate of drug-likeness (QED) is 0.680. The third-order valence-corrected chi connectivity index (χ3v) is 3.98. The van der Waals surface area contributed by atoms with Crippen molar-refractivity contribution in [3.63, 3.8) is 0 Å². The van der Waals surface area contributed by atoms with Crippen LogP contribution in [0, 0.1) is 11.2 Å². The molecule has 1 aliphatic rings. The highest BCUT2D eigenvalue weighted by atomic mass is 19.4. The lowest BCUT2D eigenvalue weighted by atomic mass is 9.65. The van der Waals surface area contributed by atoms with E-state index in [1.165, 1.54) is 0 Å². The van der Waals surface area contributed by atoms with E-state index in [4.69, 9.17) is 5.73 Å². The molecule has 0 radical (unpaired) electrons. The molecule has 0 saturated heterocycles. The maximum atomic E-state index is 13.2. The van der Waals surface area contributed by atoms with Crippen molar-refractivity contribution in [2.45, 2.75) is 31.9 Å². The first-order valence-electron chi connectivity index (χ1n) is 6.37. The number of alkyl halides is 3. The standard InChI is InChI=1S/C14H15F4NO/c15-11-3-2-9(6-10(11)14(16,17)18)12(20)7-13(8-19)4-1-5-13/h2-3,6H,1,4-5,7-8,19H2. The minimum Gasteiger partial charge on any atom is -0.330 e. The van der Waals surface area contributed by atoms with Crippen molar-refractivity contribution in [2.24, 2.45) is 11.1 Å². The lowest BCUT2D eigenvalue weighted by Gasteiger charge is -2.40. The number of carbonyl (C=O) groups excluding carboxylic acids is 1. The molecule has 0 atom stereocenters. The summed E-state index contributed by atoms with van der Waals surface area (Å²) >= 11 is 0. The van der Waals surface area contributed by atoms with E-state index in [0.717, 1.165) is 25.3 Å². The molecule has 2 rings (SSSR count). The second-order valence-electron chi connectivity index (χ2n) is 5.35. The van der Waals surface area contributed by atoms with Gasteiger partial charge in [-0.3, -0.25) is 4.79 Å². The second kappa shape index (κ2) is 5.16. The van der Waals surface area contributed by atoms with E-state index in [2.05, 4.69) is 0 Å². The average Bonchev–Trinajstić information content (AvgIpc) is 2.32. The van der Waals surface area contributed by atoms with Crippen LogP contribution in [0.1, 0.15) is 41.6 Å². The van der Waals surface area contributed by atoms with Crippen LogP contribution in [0.15, 0.2) is 18.2 Å². The Morgan fingerprint density at radius 2 is 1.95 bits per heavy atom. The first-order chi connectivity index (χ1) is 9.27. The first kappa shape index (κ1) is 15.0. The van der Waals surface area contributed by atoms with E-state index in [0.29, 0.717) is 18.7 Å². The minimum absolute atomic E-state index is 0.113. The largest absolute Gasteiger partial charge is 0.419 e. The molecular formula is C14H15F4NO. The fraction of sp³-hybridized carbons (Fsp3) is 0.500. The summed E-state index contributed by atoms with van der Waals surface area (Å²) in [7, 11) is 0. The van der Waals surface area contributed by atoms with Crippen molar-refractivity contribution in [1.82, 2.24) is 0 Å². The third-order valence-electron chi connectivity index (χ3n) is 3.98. The molecule has 0 amide bonds. The van der Waals surface area contributed by atoms with Crippen LogP contribution in [0.2, 0.25) is 0 Å². The van der Waals surface area contributed by atoms with Crippen LogP contribution in [0.4, 0.5) is 17.6 Å². The molecule has 110 valence electrons. The Morgan fingerprint density at radius 3 is 2.40 bits per heavy atom. The monoisotopic (exact) mass is 289 g/mol. The molecule has 0 bridgehead atoms. The van der Waals surface area contributed by atoms with Gasteiger partial charge in [0.2, 0.25) is 0 Å². The second-order valence-corrected chi connectivity index (χ2v) is 5.35. The highest BCUT2D eigenvalue weighted by Gasteiger charge is 2.39. The van der Waals surface area contributed by atoms with Crippen molar-refractivity contribution < 1.29 is 22.4 Å². The van der Waals surface area contributed by atoms with Gasteiger partial charge in [-0.1, -0.05) is 6.42 Å². The summed E-state index contributed by atoms with van der Waals surface area (Å²) in [6, 6.07) is 2.36. The number of ketones is 1. The molecule has 0 spiro atoms. The number of rotatable bonds is 4. The van der Waals surface area contributed by atoms with Gasteiger partial charge >= 0.3 is 6.18 Å². The Balaban J connectivity index is 2.23. The van der Waals surface area contributed by atoms with Gasteiger partial charge in [0, 0.05) is 12.0 Å². The molecule has 0 heterocycles. The first-order valence-corrected chi connectivity index (χ1v) is 6.37. The number of Topliss-reactive ketones (excluding diaryl/α,β-unsaturated/α-hetero) is 1. The summed E-state index contributed by atoms with van der Waals surface area (Å²) in [5.41, 5.74) is 3.82. The number of halogens is 4. The summed E-state index contributed by atoms with van der Waals surface area (Å²) in [5.74, 6) is -1.79. The fourth-order valence-corrected chi connectivity index (χ4v) is 2.49. The highest BCUT2D eigenvalue weighted by molar-refractivity contribution is 5.96. The van der Waals surface area contributed by atoms with Crippen molar-refractivity contribution in [1.29, 1.82) is 0 Å². The lowest BCUT2D eigenvalue weighted by Crippen LogP contribution is -2.39. The summed E-state index contributed by atoms with van der Waals surface area (Å²) < 4.78 is 51.0. The van der Waals surface area contributed by atoms with Crippen LogP contribution in [0.3, 0.4) is 0 Å². The van der Waals surface area contributed by atoms with Crippen LogP contribution in [0.25, 0.3) is 0 Å². The van der Waals surface area contributed by atoms with Gasteiger partial charge in [-0.15, -0.1) is 0 Å². The van der Waals surface area contributed by atoms with E-state index in [-0.39, 0.29) is 17.4 Å². The fourth-order valence-electron chi connectivity index (χ4n) is 2.49. The molecule has 1 aromatic carbocycles. The Kier molecular flexibility index (Phi) is 3.86. The zero-order valence-corrected chi connectivity index (χ0v) is 10.8. The van der Waals surface area contributed by atoms with Crippen molar-refractivity contribution >= 4 is 5.78 Å². The molecule has 2 nitrogen and oxygen atoms in total. The molecule has 20 heavy (non-hydrogen) atoms. The zero-order chi connectivity index (χ0) is 15.0. The van der Waals surface area contributed by atoms with Crippen LogP contribution >= 0.6 is 0 Å². The number of nitrogens with two attached hydrogens (primary N) is 1. The summed E-state index contributed by atoms with van der Waals surface area (Å²) in [5, 5.41) is 0. The molecule has 6 heteroatoms. The topological polar surface area (TPSA) is 43.1 Å². The summed E-state index contributed by atoms with van der Waals surface area (Å²) in [6.45, 7) is 0.339. The average molecular weight is 289 g/mol. The van der Waals surface area contributed by atoms with Crippen molar-refractivity contribution in [3.8, 4) is 0 Å². The van der Waals surface area contributed by atoms with Crippen molar-refractivity contribution in [3.05, 3.63) is 35.1 Å². The number of benzene rings is 1. The molecule has 0 aromatic heterocycles. The molecule has 0 aliphatic heterocycles. The Hall–Kier alpha value is -1.43. The normalized spacial score (nSPS) is 17.6. The zero-order valence-electron chi connectivity index (χ0n) is 10.8. The van der Waals surface area contributed by atoms with Gasteiger partial charge in [0.1, 0.15) is 5.82 Å². The highest BCUT2D eigenvalue weighted by Crippen LogP contribution is 2.43. The summed E-state index contributed by atoms with van der Waals surface area (Å²) in [4.78, 5) is 12.1. The molecule has 1 fully saturated rings. The minimum atomic E-state index is -4.80. The number of hydrogen-bond acceptors (Lipinski definition) is 2. The van der Waals surface area contributed by atoms with E-state index < -0.39 is 23.3 Å². The van der Waals surface area contributed by atoms with Crippen LogP contribution in [-0.2, 0) is 6.18 Å². The van der Waals surface area contributed by atoms with E-state index in [9.17, 15) is 22.4 Å². The number of carbonyl (C=O) groups is 1. The van der Waals surface area contributed by atoms with E-state index >= 15 is 0 Å². The molecule has 1 aromatic rings. The van der Waals surface area contributed by atoms with Crippen LogP contribution in [0.5, 0.6) is 0 Å². The maximum Gasteiger partial charge on any atom is 0.419 e. The lowest BCUT2D eigenvalue weighted by molar-refractivity contribution is -0.140. The van der Waals surface area contributed by atoms with E-state index in [1.807, 2.05) is 0 Å². The van der Waals surface area contributed by atoms with Gasteiger partial charge in [0.25, 0.3) is 0 Å². The molecular weight excluding hydrogens is 274 g/mol. The molecule has 1 saturated carbocycles. The SMILES string of the molecule is NCC1(CC(=O)c2ccc(F)c(C(F)(F)F)c2)CCC1. The Bertz CT molecular complexity index is 515. The maximum absolute atomic E-state index is 13.2. The molecule has 2 N–H and O–H groups in total. The summed E-state index contributed by atoms with van der Waals surface area (Å²) in [6.07, 6.45) is -2.10. The Morgan fingerprint density at radius 1 is 1.30 bits per heavy atom. The van der Waals surface area contributed by atoms with Crippen LogP contribution in [-0.4, -0.2) is 12.3 Å². The predicted molar refractivity (Wildman–Crippen MR) is 65.7 cm³/mol. The third kappa shape index (κ3) is 2.85. The predicted octanol–water partition coefficient (Wildman–Crippen LogP) is 3.55. The van der Waals surface area contributed by atoms with Gasteiger partial charge in [-0.2, -0.15) is 13.2 Å². The number of hydrogen-bond donors (Lipinski definition) is 1. The van der Waals surface area contributed by atoms with Gasteiger partial charge < -0.3 is 5.73 Å². The van der Waals surface area contributed by atoms with Gasteiger partial charge in [0.15, 0.2) is 5.78 Å². The van der Waals surface area contributed by atoms with Crippen molar-refractivity contribution in [2.75, 3.05) is 6.54 Å². The van der Waals surface area contributed by atoms with Crippen LogP contribution < -0.4 is 5.73 Å². The van der Waals surface area contributed by atoms with Gasteiger partial charge in [-0.25, -0.2) is 4.39 Å².